The molecule has 9 nitrogen and oxygen atoms in total. The Bertz CT molecular complexity index is 1880. The summed E-state index contributed by atoms with van der Waals surface area (Å²) in [5.41, 5.74) is 2.85. The number of carbonyl (C=O) groups is 4. The highest BCUT2D eigenvalue weighted by atomic mass is 19.1. The maximum absolute atomic E-state index is 14.3. The summed E-state index contributed by atoms with van der Waals surface area (Å²) in [4.78, 5) is 59.8. The van der Waals surface area contributed by atoms with E-state index >= 15 is 0 Å². The number of ether oxygens (including phenoxy) is 1. The smallest absolute Gasteiger partial charge is 0.299 e. The van der Waals surface area contributed by atoms with E-state index in [1.165, 1.54) is 42.3 Å². The molecule has 0 fully saturated rings. The Balaban J connectivity index is 1.43. The van der Waals surface area contributed by atoms with Gasteiger partial charge in [0.15, 0.2) is 0 Å². The molecule has 5 aromatic rings. The Morgan fingerprint density at radius 1 is 0.932 bits per heavy atom. The number of amides is 3. The summed E-state index contributed by atoms with van der Waals surface area (Å²) in [5.74, 6) is -2.48. The van der Waals surface area contributed by atoms with E-state index in [4.69, 9.17) is 4.74 Å². The lowest BCUT2D eigenvalue weighted by molar-refractivity contribution is -0.139. The van der Waals surface area contributed by atoms with Crippen LogP contribution in [-0.4, -0.2) is 47.0 Å². The van der Waals surface area contributed by atoms with E-state index in [1.807, 2.05) is 24.3 Å². The number of halogens is 1. The van der Waals surface area contributed by atoms with Crippen molar-refractivity contribution in [3.8, 4) is 5.75 Å². The summed E-state index contributed by atoms with van der Waals surface area (Å²) in [6.45, 7) is -0.575. The number of H-pyrrole nitrogens is 1. The van der Waals surface area contributed by atoms with Crippen molar-refractivity contribution in [2.75, 3.05) is 23.9 Å². The van der Waals surface area contributed by atoms with Gasteiger partial charge in [0.1, 0.15) is 24.2 Å². The van der Waals surface area contributed by atoms with Crippen molar-refractivity contribution >= 4 is 45.8 Å². The summed E-state index contributed by atoms with van der Waals surface area (Å²) < 4.78 is 19.0. The number of rotatable bonds is 9. The van der Waals surface area contributed by atoms with E-state index in [9.17, 15) is 23.6 Å². The van der Waals surface area contributed by atoms with Gasteiger partial charge in [0.05, 0.1) is 18.4 Å². The Kier molecular flexibility index (Phi) is 7.63. The molecule has 6 rings (SSSR count). The number of nitrogens with zero attached hydrogens (tertiary/aromatic N) is 2. The highest BCUT2D eigenvalue weighted by Gasteiger charge is 2.40. The number of fused-ring (bicyclic) bond motifs is 2. The summed E-state index contributed by atoms with van der Waals surface area (Å²) in [6, 6.07) is 25.0. The van der Waals surface area contributed by atoms with Gasteiger partial charge in [-0.3, -0.25) is 24.1 Å². The molecule has 0 spiro atoms. The van der Waals surface area contributed by atoms with Crippen molar-refractivity contribution in [1.82, 2.24) is 9.88 Å². The molecular weight excluding hydrogens is 563 g/mol. The topological polar surface area (TPSA) is 112 Å². The zero-order valence-corrected chi connectivity index (χ0v) is 23.6. The molecule has 1 aromatic heterocycles. The summed E-state index contributed by atoms with van der Waals surface area (Å²) in [6.07, 6.45) is 1.67. The van der Waals surface area contributed by atoms with Gasteiger partial charge >= 0.3 is 0 Å². The number of carbonyl (C=O) groups excluding carboxylic acids is 4. The minimum absolute atomic E-state index is 0.0864. The van der Waals surface area contributed by atoms with Gasteiger partial charge in [0.25, 0.3) is 17.6 Å². The third-order valence-electron chi connectivity index (χ3n) is 7.59. The van der Waals surface area contributed by atoms with Crippen molar-refractivity contribution in [2.24, 2.45) is 0 Å². The van der Waals surface area contributed by atoms with Crippen LogP contribution in [0.25, 0.3) is 10.9 Å². The molecule has 0 radical (unpaired) electrons. The van der Waals surface area contributed by atoms with Crippen molar-refractivity contribution in [3.05, 3.63) is 126 Å². The van der Waals surface area contributed by atoms with Gasteiger partial charge in [0, 0.05) is 34.9 Å². The molecule has 3 amide bonds. The van der Waals surface area contributed by atoms with Gasteiger partial charge in [0.2, 0.25) is 5.91 Å². The Labute approximate surface area is 251 Å². The van der Waals surface area contributed by atoms with E-state index in [-0.39, 0.29) is 12.1 Å². The Morgan fingerprint density at radius 3 is 2.39 bits per heavy atom. The lowest BCUT2D eigenvalue weighted by Gasteiger charge is -2.32. The number of aromatic nitrogens is 1. The second kappa shape index (κ2) is 11.8. The van der Waals surface area contributed by atoms with Crippen LogP contribution < -0.4 is 15.0 Å². The first kappa shape index (κ1) is 28.4. The van der Waals surface area contributed by atoms with Crippen molar-refractivity contribution in [1.29, 1.82) is 0 Å². The summed E-state index contributed by atoms with van der Waals surface area (Å²) in [5, 5.41) is 3.62. The van der Waals surface area contributed by atoms with Crippen LogP contribution in [0.2, 0.25) is 0 Å². The zero-order valence-electron chi connectivity index (χ0n) is 23.6. The van der Waals surface area contributed by atoms with Gasteiger partial charge in [-0.15, -0.1) is 0 Å². The number of hydrogen-bond acceptors (Lipinski definition) is 5. The molecule has 4 aromatic carbocycles. The van der Waals surface area contributed by atoms with Crippen LogP contribution >= 0.6 is 0 Å². The van der Waals surface area contributed by atoms with Crippen LogP contribution in [0.1, 0.15) is 27.5 Å². The van der Waals surface area contributed by atoms with Crippen LogP contribution in [0, 0.1) is 5.82 Å². The molecule has 0 aliphatic carbocycles. The number of ketones is 1. The predicted molar refractivity (Wildman–Crippen MR) is 163 cm³/mol. The number of nitrogens with one attached hydrogen (secondary N) is 2. The van der Waals surface area contributed by atoms with Gasteiger partial charge in [-0.25, -0.2) is 4.39 Å². The number of benzene rings is 4. The molecule has 1 aliphatic rings. The zero-order chi connectivity index (χ0) is 30.8. The highest BCUT2D eigenvalue weighted by Crippen LogP contribution is 2.33. The van der Waals surface area contributed by atoms with Crippen LogP contribution in [0.3, 0.4) is 0 Å². The average Bonchev–Trinajstić information content (AvgIpc) is 3.57. The standard InChI is InChI=1S/C34H27FN4O5/c1-44-24-16-14-23(15-17-24)37-33(42)31(27-18-36-28-8-4-2-6-25(27)28)39(19-21-10-12-22(35)13-11-21)30(40)20-38-29-9-5-3-7-26(29)32(41)34(38)43/h2-18,31,36H,19-20H2,1H3,(H,37,42). The largest absolute Gasteiger partial charge is 0.497 e. The Morgan fingerprint density at radius 2 is 1.64 bits per heavy atom. The van der Waals surface area contributed by atoms with E-state index in [1.54, 1.807) is 48.7 Å². The van der Waals surface area contributed by atoms with E-state index in [0.717, 1.165) is 15.8 Å². The number of hydrogen-bond donors (Lipinski definition) is 2. The Hall–Kier alpha value is -5.77. The molecule has 0 saturated carbocycles. The molecule has 1 aliphatic heterocycles. The van der Waals surface area contributed by atoms with Gasteiger partial charge in [-0.2, -0.15) is 0 Å². The van der Waals surface area contributed by atoms with Crippen LogP contribution in [0.5, 0.6) is 5.75 Å². The number of para-hydroxylation sites is 2. The second-order valence-electron chi connectivity index (χ2n) is 10.3. The van der Waals surface area contributed by atoms with Crippen molar-refractivity contribution in [2.45, 2.75) is 12.6 Å². The molecule has 1 atom stereocenters. The summed E-state index contributed by atoms with van der Waals surface area (Å²) in [7, 11) is 1.54. The van der Waals surface area contributed by atoms with Crippen LogP contribution in [-0.2, 0) is 20.9 Å². The van der Waals surface area contributed by atoms with Crippen molar-refractivity contribution in [3.63, 3.8) is 0 Å². The minimum atomic E-state index is -1.19. The number of anilines is 2. The lowest BCUT2D eigenvalue weighted by Crippen LogP contribution is -2.46. The normalized spacial score (nSPS) is 13.1. The first-order valence-corrected chi connectivity index (χ1v) is 13.8. The first-order chi connectivity index (χ1) is 21.3. The molecule has 2 N–H and O–H groups in total. The van der Waals surface area contributed by atoms with Crippen molar-refractivity contribution < 1.29 is 28.3 Å². The number of methoxy groups -OCH3 is 1. The molecule has 1 unspecified atom stereocenters. The SMILES string of the molecule is COc1ccc(NC(=O)C(c2c[nH]c3ccccc23)N(Cc2ccc(F)cc2)C(=O)CN2C(=O)C(=O)c3ccccc32)cc1. The molecule has 220 valence electrons. The summed E-state index contributed by atoms with van der Waals surface area (Å²) >= 11 is 0. The average molecular weight is 591 g/mol. The lowest BCUT2D eigenvalue weighted by atomic mass is 10.0. The third-order valence-corrected chi connectivity index (χ3v) is 7.59. The van der Waals surface area contributed by atoms with E-state index < -0.39 is 41.9 Å². The number of aromatic amines is 1. The second-order valence-corrected chi connectivity index (χ2v) is 10.3. The fraction of sp³-hybridized carbons (Fsp3) is 0.118. The maximum Gasteiger partial charge on any atom is 0.299 e. The van der Waals surface area contributed by atoms with Gasteiger partial charge in [-0.05, 0) is 60.2 Å². The molecule has 0 bridgehead atoms. The fourth-order valence-corrected chi connectivity index (χ4v) is 5.40. The fourth-order valence-electron chi connectivity index (χ4n) is 5.40. The minimum Gasteiger partial charge on any atom is -0.497 e. The maximum atomic E-state index is 14.3. The van der Waals surface area contributed by atoms with Gasteiger partial charge in [-0.1, -0.05) is 42.5 Å². The van der Waals surface area contributed by atoms with E-state index in [0.29, 0.717) is 28.3 Å². The first-order valence-electron chi connectivity index (χ1n) is 13.8. The third kappa shape index (κ3) is 5.40. The molecular formula is C34H27FN4O5. The quantitative estimate of drug-likeness (QED) is 0.228. The van der Waals surface area contributed by atoms with E-state index in [2.05, 4.69) is 10.3 Å². The molecule has 44 heavy (non-hydrogen) atoms. The predicted octanol–water partition coefficient (Wildman–Crippen LogP) is 5.25. The molecule has 10 heteroatoms. The van der Waals surface area contributed by atoms with Crippen LogP contribution in [0.4, 0.5) is 15.8 Å². The highest BCUT2D eigenvalue weighted by molar-refractivity contribution is 6.52. The molecule has 0 saturated heterocycles. The number of Topliss-reactive ketones (excluding diaryl/α,β-unsaturated/α-hetero) is 1. The van der Waals surface area contributed by atoms with Crippen LogP contribution in [0.15, 0.2) is 103 Å². The monoisotopic (exact) mass is 590 g/mol. The van der Waals surface area contributed by atoms with Gasteiger partial charge < -0.3 is 19.9 Å². The molecule has 2 heterocycles.